The van der Waals surface area contributed by atoms with E-state index in [-0.39, 0.29) is 6.10 Å². The van der Waals surface area contributed by atoms with Crippen molar-refractivity contribution in [2.45, 2.75) is 50.7 Å². The second kappa shape index (κ2) is 6.71. The Balaban J connectivity index is 1.34. The fraction of sp³-hybridized carbons (Fsp3) is 0.556. The van der Waals surface area contributed by atoms with E-state index in [1.807, 2.05) is 18.2 Å². The highest BCUT2D eigenvalue weighted by Crippen LogP contribution is 2.36. The first-order valence-corrected chi connectivity index (χ1v) is 8.62. The van der Waals surface area contributed by atoms with Crippen LogP contribution in [0.25, 0.3) is 0 Å². The normalized spacial score (nSPS) is 22.1. The van der Waals surface area contributed by atoms with Crippen molar-refractivity contribution in [3.63, 3.8) is 0 Å². The van der Waals surface area contributed by atoms with Crippen molar-refractivity contribution in [1.29, 1.82) is 0 Å². The lowest BCUT2D eigenvalue weighted by Crippen LogP contribution is -2.39. The molecule has 0 radical (unpaired) electrons. The molecule has 2 aromatic rings. The molecule has 1 aromatic carbocycles. The van der Waals surface area contributed by atoms with Gasteiger partial charge in [-0.1, -0.05) is 41.9 Å². The first-order valence-electron chi connectivity index (χ1n) is 8.62. The predicted octanol–water partition coefficient (Wildman–Crippen LogP) is 3.52. The van der Waals surface area contributed by atoms with Crippen LogP contribution in [0.5, 0.6) is 0 Å². The molecule has 2 heterocycles. The Hall–Kier alpha value is -1.88. The summed E-state index contributed by atoms with van der Waals surface area (Å²) in [5, 5.41) is 8.48. The van der Waals surface area contributed by atoms with Crippen LogP contribution in [-0.2, 0) is 11.3 Å². The summed E-state index contributed by atoms with van der Waals surface area (Å²) in [6, 6.07) is 11.0. The number of anilines is 1. The second-order valence-electron chi connectivity index (χ2n) is 6.56. The third kappa shape index (κ3) is 3.39. The van der Waals surface area contributed by atoms with E-state index in [0.717, 1.165) is 31.8 Å². The molecule has 0 spiro atoms. The summed E-state index contributed by atoms with van der Waals surface area (Å²) in [4.78, 5) is 2.17. The lowest BCUT2D eigenvalue weighted by Gasteiger charge is -2.31. The van der Waals surface area contributed by atoms with Crippen LogP contribution >= 0.6 is 0 Å². The molecule has 1 aliphatic heterocycles. The minimum atomic E-state index is 0.225. The van der Waals surface area contributed by atoms with Gasteiger partial charge < -0.3 is 14.1 Å². The SMILES string of the molecule is c1ccc(COC2CCCN(c3nnc(C4CCC4)o3)C2)cc1. The molecule has 1 saturated carbocycles. The molecule has 2 aliphatic rings. The third-order valence-electron chi connectivity index (χ3n) is 4.86. The van der Waals surface area contributed by atoms with E-state index in [4.69, 9.17) is 9.15 Å². The average Bonchev–Trinajstić information content (AvgIpc) is 3.02. The summed E-state index contributed by atoms with van der Waals surface area (Å²) in [5.74, 6) is 1.31. The van der Waals surface area contributed by atoms with Crippen LogP contribution in [0, 0.1) is 0 Å². The van der Waals surface area contributed by atoms with Crippen molar-refractivity contribution in [3.05, 3.63) is 41.8 Å². The van der Waals surface area contributed by atoms with E-state index in [1.165, 1.54) is 24.8 Å². The molecule has 1 atom stereocenters. The molecule has 1 unspecified atom stereocenters. The van der Waals surface area contributed by atoms with Gasteiger partial charge in [0.25, 0.3) is 0 Å². The molecule has 2 fully saturated rings. The maximum atomic E-state index is 6.08. The number of hydrogen-bond acceptors (Lipinski definition) is 5. The van der Waals surface area contributed by atoms with Crippen molar-refractivity contribution < 1.29 is 9.15 Å². The van der Waals surface area contributed by atoms with Crippen LogP contribution in [0.1, 0.15) is 49.5 Å². The van der Waals surface area contributed by atoms with Gasteiger partial charge in [0, 0.05) is 19.0 Å². The monoisotopic (exact) mass is 313 g/mol. The van der Waals surface area contributed by atoms with E-state index >= 15 is 0 Å². The first-order chi connectivity index (χ1) is 11.4. The zero-order chi connectivity index (χ0) is 15.5. The maximum absolute atomic E-state index is 6.08. The number of aromatic nitrogens is 2. The Bertz CT molecular complexity index is 624. The van der Waals surface area contributed by atoms with Gasteiger partial charge in [-0.3, -0.25) is 0 Å². The van der Waals surface area contributed by atoms with Gasteiger partial charge in [0.1, 0.15) is 0 Å². The van der Waals surface area contributed by atoms with Gasteiger partial charge in [0.15, 0.2) is 0 Å². The zero-order valence-electron chi connectivity index (χ0n) is 13.4. The van der Waals surface area contributed by atoms with Crippen LogP contribution in [0.2, 0.25) is 0 Å². The number of rotatable bonds is 5. The third-order valence-corrected chi connectivity index (χ3v) is 4.86. The molecule has 23 heavy (non-hydrogen) atoms. The molecule has 0 amide bonds. The summed E-state index contributed by atoms with van der Waals surface area (Å²) in [7, 11) is 0. The second-order valence-corrected chi connectivity index (χ2v) is 6.56. The number of nitrogens with zero attached hydrogens (tertiary/aromatic N) is 3. The zero-order valence-corrected chi connectivity index (χ0v) is 13.4. The summed E-state index contributed by atoms with van der Waals surface area (Å²) < 4.78 is 12.0. The highest BCUT2D eigenvalue weighted by atomic mass is 16.5. The molecule has 122 valence electrons. The summed E-state index contributed by atoms with van der Waals surface area (Å²) in [5.41, 5.74) is 1.22. The quantitative estimate of drug-likeness (QED) is 0.845. The van der Waals surface area contributed by atoms with Crippen LogP contribution in [0.15, 0.2) is 34.7 Å². The van der Waals surface area contributed by atoms with E-state index in [2.05, 4.69) is 27.2 Å². The number of hydrogen-bond donors (Lipinski definition) is 0. The number of benzene rings is 1. The smallest absolute Gasteiger partial charge is 0.318 e. The van der Waals surface area contributed by atoms with E-state index in [9.17, 15) is 0 Å². The standard InChI is InChI=1S/C18H23N3O2/c1-2-6-14(7-3-1)13-22-16-10-5-11-21(12-16)18-20-19-17(23-18)15-8-4-9-15/h1-3,6-7,15-16H,4-5,8-13H2. The maximum Gasteiger partial charge on any atom is 0.318 e. The topological polar surface area (TPSA) is 51.4 Å². The molecule has 1 aromatic heterocycles. The van der Waals surface area contributed by atoms with E-state index in [0.29, 0.717) is 18.5 Å². The van der Waals surface area contributed by atoms with Gasteiger partial charge in [-0.2, -0.15) is 0 Å². The Morgan fingerprint density at radius 2 is 1.96 bits per heavy atom. The Morgan fingerprint density at radius 1 is 1.09 bits per heavy atom. The summed E-state index contributed by atoms with van der Waals surface area (Å²) in [6.45, 7) is 2.47. The van der Waals surface area contributed by atoms with Crippen molar-refractivity contribution in [2.24, 2.45) is 0 Å². The summed E-state index contributed by atoms with van der Waals surface area (Å²) >= 11 is 0. The van der Waals surface area contributed by atoms with Crippen molar-refractivity contribution >= 4 is 6.01 Å². The van der Waals surface area contributed by atoms with Crippen LogP contribution in [-0.4, -0.2) is 29.4 Å². The number of ether oxygens (including phenoxy) is 1. The first kappa shape index (κ1) is 14.7. The predicted molar refractivity (Wildman–Crippen MR) is 87.4 cm³/mol. The Morgan fingerprint density at radius 3 is 2.74 bits per heavy atom. The van der Waals surface area contributed by atoms with Crippen LogP contribution in [0.4, 0.5) is 6.01 Å². The molecular weight excluding hydrogens is 290 g/mol. The molecule has 1 aliphatic carbocycles. The lowest BCUT2D eigenvalue weighted by atomic mass is 9.85. The molecule has 5 heteroatoms. The van der Waals surface area contributed by atoms with Gasteiger partial charge in [0.05, 0.1) is 12.7 Å². The van der Waals surface area contributed by atoms with Crippen LogP contribution < -0.4 is 4.90 Å². The fourth-order valence-corrected chi connectivity index (χ4v) is 3.21. The summed E-state index contributed by atoms with van der Waals surface area (Å²) in [6.07, 6.45) is 6.06. The van der Waals surface area contributed by atoms with Crippen molar-refractivity contribution in [1.82, 2.24) is 10.2 Å². The molecule has 1 saturated heterocycles. The van der Waals surface area contributed by atoms with Gasteiger partial charge >= 0.3 is 6.01 Å². The average molecular weight is 313 g/mol. The molecule has 5 nitrogen and oxygen atoms in total. The van der Waals surface area contributed by atoms with Crippen LogP contribution in [0.3, 0.4) is 0 Å². The highest BCUT2D eigenvalue weighted by Gasteiger charge is 2.28. The molecule has 0 N–H and O–H groups in total. The minimum absolute atomic E-state index is 0.225. The fourth-order valence-electron chi connectivity index (χ4n) is 3.21. The van der Waals surface area contributed by atoms with Gasteiger partial charge in [-0.15, -0.1) is 5.10 Å². The van der Waals surface area contributed by atoms with Crippen molar-refractivity contribution in [2.75, 3.05) is 18.0 Å². The van der Waals surface area contributed by atoms with Gasteiger partial charge in [-0.25, -0.2) is 0 Å². The van der Waals surface area contributed by atoms with Crippen molar-refractivity contribution in [3.8, 4) is 0 Å². The number of piperidine rings is 1. The van der Waals surface area contributed by atoms with E-state index < -0.39 is 0 Å². The van der Waals surface area contributed by atoms with Gasteiger partial charge in [0.2, 0.25) is 5.89 Å². The largest absolute Gasteiger partial charge is 0.408 e. The molecule has 4 rings (SSSR count). The Labute approximate surface area is 136 Å². The highest BCUT2D eigenvalue weighted by molar-refractivity contribution is 5.26. The Kier molecular flexibility index (Phi) is 4.28. The molecule has 0 bridgehead atoms. The minimum Gasteiger partial charge on any atom is -0.408 e. The lowest BCUT2D eigenvalue weighted by molar-refractivity contribution is 0.0306. The van der Waals surface area contributed by atoms with Gasteiger partial charge in [-0.05, 0) is 31.2 Å². The molecular formula is C18H23N3O2. The van der Waals surface area contributed by atoms with E-state index in [1.54, 1.807) is 0 Å².